The average molecular weight is 186 g/mol. The molecule has 0 radical (unpaired) electrons. The second-order valence-corrected chi connectivity index (χ2v) is 4.34. The van der Waals surface area contributed by atoms with E-state index in [4.69, 9.17) is 0 Å². The van der Waals surface area contributed by atoms with Gasteiger partial charge in [-0.1, -0.05) is 24.3 Å². The summed E-state index contributed by atoms with van der Waals surface area (Å²) in [6.45, 7) is 0.946. The summed E-state index contributed by atoms with van der Waals surface area (Å²) in [6.07, 6.45) is 5.40. The molecule has 1 heterocycles. The van der Waals surface area contributed by atoms with Gasteiger partial charge in [0, 0.05) is 0 Å². The molecule has 2 nitrogen and oxygen atoms in total. The first-order chi connectivity index (χ1) is 6.88. The van der Waals surface area contributed by atoms with Crippen LogP contribution in [0.3, 0.4) is 0 Å². The molecule has 0 unspecified atom stereocenters. The molecule has 0 amide bonds. The van der Waals surface area contributed by atoms with Crippen LogP contribution in [0.1, 0.15) is 17.5 Å². The predicted octanol–water partition coefficient (Wildman–Crippen LogP) is 1.55. The van der Waals surface area contributed by atoms with Gasteiger partial charge in [0.15, 0.2) is 0 Å². The summed E-state index contributed by atoms with van der Waals surface area (Å²) in [4.78, 5) is 4.30. The third kappa shape index (κ3) is 1.14. The Kier molecular flexibility index (Phi) is 1.63. The zero-order valence-electron chi connectivity index (χ0n) is 8.16. The van der Waals surface area contributed by atoms with E-state index in [1.54, 1.807) is 0 Å². The van der Waals surface area contributed by atoms with E-state index >= 15 is 0 Å². The van der Waals surface area contributed by atoms with Gasteiger partial charge in [0.2, 0.25) is 0 Å². The number of nitrogens with zero attached hydrogens (tertiary/aromatic N) is 1. The molecule has 1 N–H and O–H groups in total. The summed E-state index contributed by atoms with van der Waals surface area (Å²) in [5.74, 6) is 0. The molecule has 1 spiro atoms. The summed E-state index contributed by atoms with van der Waals surface area (Å²) in [5.41, 5.74) is 3.26. The fourth-order valence-corrected chi connectivity index (χ4v) is 2.51. The van der Waals surface area contributed by atoms with E-state index in [2.05, 4.69) is 34.6 Å². The first kappa shape index (κ1) is 8.04. The van der Waals surface area contributed by atoms with Crippen LogP contribution in [0.5, 0.6) is 0 Å². The molecular weight excluding hydrogens is 172 g/mol. The van der Waals surface area contributed by atoms with Gasteiger partial charge in [-0.15, -0.1) is 0 Å². The number of fused-ring (bicyclic) bond motifs is 1. The second kappa shape index (κ2) is 2.84. The molecule has 1 aromatic rings. The zero-order valence-corrected chi connectivity index (χ0v) is 8.16. The van der Waals surface area contributed by atoms with Gasteiger partial charge in [-0.25, -0.2) is 0 Å². The Hall–Kier alpha value is -1.31. The molecule has 0 saturated carbocycles. The van der Waals surface area contributed by atoms with Crippen molar-refractivity contribution in [3.63, 3.8) is 0 Å². The summed E-state index contributed by atoms with van der Waals surface area (Å²) in [7, 11) is 0. The maximum Gasteiger partial charge on any atom is 0.0829 e. The standard InChI is InChI=1S/C12H14N2/c1-2-4-11-7-12(8-13-9-14-12)6-5-10(11)3-1/h1-4,9H,5-8H2,(H,13,14)/t12-/m0/s1. The van der Waals surface area contributed by atoms with E-state index in [0.717, 1.165) is 13.0 Å². The molecule has 1 aliphatic heterocycles. The number of benzene rings is 1. The van der Waals surface area contributed by atoms with E-state index in [0.29, 0.717) is 0 Å². The molecule has 0 fully saturated rings. The second-order valence-electron chi connectivity index (χ2n) is 4.34. The largest absolute Gasteiger partial charge is 0.369 e. The topological polar surface area (TPSA) is 24.4 Å². The van der Waals surface area contributed by atoms with E-state index in [-0.39, 0.29) is 5.54 Å². The molecule has 14 heavy (non-hydrogen) atoms. The van der Waals surface area contributed by atoms with E-state index in [1.165, 1.54) is 24.0 Å². The van der Waals surface area contributed by atoms with Gasteiger partial charge in [-0.2, -0.15) is 0 Å². The Bertz CT molecular complexity index is 374. The van der Waals surface area contributed by atoms with Gasteiger partial charge in [0.25, 0.3) is 0 Å². The molecule has 72 valence electrons. The molecular formula is C12H14N2. The van der Waals surface area contributed by atoms with Crippen molar-refractivity contribution in [2.75, 3.05) is 6.54 Å². The zero-order chi connectivity index (χ0) is 9.43. The van der Waals surface area contributed by atoms with E-state index < -0.39 is 0 Å². The Balaban J connectivity index is 1.93. The highest BCUT2D eigenvalue weighted by Gasteiger charge is 2.35. The lowest BCUT2D eigenvalue weighted by molar-refractivity contribution is 0.363. The van der Waals surface area contributed by atoms with Crippen LogP contribution in [0, 0.1) is 0 Å². The van der Waals surface area contributed by atoms with Gasteiger partial charge < -0.3 is 5.32 Å². The highest BCUT2D eigenvalue weighted by molar-refractivity contribution is 5.59. The van der Waals surface area contributed by atoms with Crippen LogP contribution in [0.25, 0.3) is 0 Å². The monoisotopic (exact) mass is 186 g/mol. The predicted molar refractivity (Wildman–Crippen MR) is 57.7 cm³/mol. The maximum absolute atomic E-state index is 4.30. The minimum absolute atomic E-state index is 0.244. The van der Waals surface area contributed by atoms with E-state index in [1.807, 2.05) is 6.34 Å². The Labute approximate surface area is 84.1 Å². The molecule has 1 atom stereocenters. The molecule has 0 saturated heterocycles. The highest BCUT2D eigenvalue weighted by atomic mass is 15.1. The number of hydrogen-bond acceptors (Lipinski definition) is 2. The first-order valence-corrected chi connectivity index (χ1v) is 5.21. The number of rotatable bonds is 0. The van der Waals surface area contributed by atoms with Crippen LogP contribution in [-0.2, 0) is 12.8 Å². The lowest BCUT2D eigenvalue weighted by atomic mass is 9.78. The summed E-state index contributed by atoms with van der Waals surface area (Å²) < 4.78 is 0. The van der Waals surface area contributed by atoms with Crippen molar-refractivity contribution in [1.29, 1.82) is 0 Å². The molecule has 1 aromatic carbocycles. The maximum atomic E-state index is 4.30. The number of aliphatic imine (C=N–C) groups is 1. The smallest absolute Gasteiger partial charge is 0.0829 e. The van der Waals surface area contributed by atoms with Gasteiger partial charge in [-0.05, 0) is 30.4 Å². The van der Waals surface area contributed by atoms with Crippen molar-refractivity contribution in [3.8, 4) is 0 Å². The first-order valence-electron chi connectivity index (χ1n) is 5.21. The Morgan fingerprint density at radius 2 is 2.07 bits per heavy atom. The molecule has 0 bridgehead atoms. The normalized spacial score (nSPS) is 28.9. The molecule has 2 heteroatoms. The van der Waals surface area contributed by atoms with Crippen LogP contribution in [0.4, 0.5) is 0 Å². The van der Waals surface area contributed by atoms with Crippen LogP contribution >= 0.6 is 0 Å². The van der Waals surface area contributed by atoms with Crippen LogP contribution in [0.2, 0.25) is 0 Å². The van der Waals surface area contributed by atoms with Gasteiger partial charge in [0.1, 0.15) is 0 Å². The summed E-state index contributed by atoms with van der Waals surface area (Å²) >= 11 is 0. The summed E-state index contributed by atoms with van der Waals surface area (Å²) in [6, 6.07) is 8.76. The molecule has 2 aliphatic rings. The fourth-order valence-electron chi connectivity index (χ4n) is 2.51. The van der Waals surface area contributed by atoms with Gasteiger partial charge in [0.05, 0.1) is 18.4 Å². The lowest BCUT2D eigenvalue weighted by Gasteiger charge is -2.34. The van der Waals surface area contributed by atoms with Crippen molar-refractivity contribution >= 4 is 6.34 Å². The van der Waals surface area contributed by atoms with Crippen molar-refractivity contribution < 1.29 is 0 Å². The van der Waals surface area contributed by atoms with Crippen molar-refractivity contribution in [3.05, 3.63) is 35.4 Å². The average Bonchev–Trinajstić information content (AvgIpc) is 2.66. The SMILES string of the molecule is C1=NC[C@@]2(CCc3ccccc3C2)N1. The quantitative estimate of drug-likeness (QED) is 0.653. The Morgan fingerprint density at radius 1 is 1.21 bits per heavy atom. The third-order valence-corrected chi connectivity index (χ3v) is 3.38. The minimum Gasteiger partial charge on any atom is -0.369 e. The molecule has 1 aliphatic carbocycles. The van der Waals surface area contributed by atoms with Crippen molar-refractivity contribution in [2.24, 2.45) is 4.99 Å². The minimum atomic E-state index is 0.244. The lowest BCUT2D eigenvalue weighted by Crippen LogP contribution is -2.47. The van der Waals surface area contributed by atoms with E-state index in [9.17, 15) is 0 Å². The number of nitrogens with one attached hydrogen (secondary N) is 1. The van der Waals surface area contributed by atoms with Crippen molar-refractivity contribution in [1.82, 2.24) is 5.32 Å². The number of hydrogen-bond donors (Lipinski definition) is 1. The van der Waals surface area contributed by atoms with Crippen LogP contribution in [0.15, 0.2) is 29.3 Å². The van der Waals surface area contributed by atoms with Gasteiger partial charge in [-0.3, -0.25) is 4.99 Å². The van der Waals surface area contributed by atoms with Gasteiger partial charge >= 0.3 is 0 Å². The number of aryl methyl sites for hydroxylation is 1. The highest BCUT2D eigenvalue weighted by Crippen LogP contribution is 2.29. The van der Waals surface area contributed by atoms with Crippen molar-refractivity contribution in [2.45, 2.75) is 24.8 Å². The van der Waals surface area contributed by atoms with Crippen LogP contribution in [-0.4, -0.2) is 18.4 Å². The van der Waals surface area contributed by atoms with Crippen LogP contribution < -0.4 is 5.32 Å². The molecule has 0 aromatic heterocycles. The summed E-state index contributed by atoms with van der Waals surface area (Å²) in [5, 5.41) is 3.42. The molecule has 3 rings (SSSR count). The third-order valence-electron chi connectivity index (χ3n) is 3.38. The fraction of sp³-hybridized carbons (Fsp3) is 0.417. The Morgan fingerprint density at radius 3 is 2.86 bits per heavy atom.